The molecule has 5 heteroatoms. The van der Waals surface area contributed by atoms with E-state index in [0.717, 1.165) is 64.1 Å². The summed E-state index contributed by atoms with van der Waals surface area (Å²) in [7, 11) is 0. The zero-order valence-corrected chi connectivity index (χ0v) is 17.5. The Morgan fingerprint density at radius 2 is 1.43 bits per heavy atom. The Kier molecular flexibility index (Phi) is 6.92. The van der Waals surface area contributed by atoms with E-state index in [2.05, 4.69) is 10.2 Å². The molecule has 1 unspecified atom stereocenters. The molecule has 2 saturated heterocycles. The highest BCUT2D eigenvalue weighted by Gasteiger charge is 2.38. The molecular weight excluding hydrogens is 350 g/mol. The topological polar surface area (TPSA) is 52.7 Å². The smallest absolute Gasteiger partial charge is 0.243 e. The molecule has 4 aliphatic rings. The van der Waals surface area contributed by atoms with E-state index in [0.29, 0.717) is 6.04 Å². The van der Waals surface area contributed by atoms with Crippen LogP contribution in [0.1, 0.15) is 83.5 Å². The average molecular weight is 390 g/mol. The highest BCUT2D eigenvalue weighted by Crippen LogP contribution is 2.29. The minimum absolute atomic E-state index is 0.107. The highest BCUT2D eigenvalue weighted by atomic mass is 16.2. The van der Waals surface area contributed by atoms with Crippen LogP contribution in [0.3, 0.4) is 0 Å². The van der Waals surface area contributed by atoms with Gasteiger partial charge in [-0.25, -0.2) is 0 Å². The van der Waals surface area contributed by atoms with Gasteiger partial charge < -0.3 is 15.1 Å². The first kappa shape index (κ1) is 20.2. The minimum atomic E-state index is -0.217. The van der Waals surface area contributed by atoms with E-state index in [9.17, 15) is 9.59 Å². The first-order valence-electron chi connectivity index (χ1n) is 12.0. The van der Waals surface area contributed by atoms with Crippen LogP contribution >= 0.6 is 0 Å². The summed E-state index contributed by atoms with van der Waals surface area (Å²) in [5.74, 6) is 1.43. The lowest BCUT2D eigenvalue weighted by Gasteiger charge is -2.35. The predicted molar refractivity (Wildman–Crippen MR) is 111 cm³/mol. The number of nitrogens with one attached hydrogen (secondary N) is 1. The van der Waals surface area contributed by atoms with Crippen molar-refractivity contribution in [2.75, 3.05) is 26.2 Å². The van der Waals surface area contributed by atoms with Crippen LogP contribution in [0.5, 0.6) is 0 Å². The molecule has 5 nitrogen and oxygen atoms in total. The summed E-state index contributed by atoms with van der Waals surface area (Å²) < 4.78 is 0. The monoisotopic (exact) mass is 389 g/mol. The maximum absolute atomic E-state index is 13.0. The molecule has 2 heterocycles. The molecule has 2 amide bonds. The second-order valence-electron chi connectivity index (χ2n) is 9.76. The normalized spacial score (nSPS) is 28.7. The van der Waals surface area contributed by atoms with Crippen LogP contribution in [0.2, 0.25) is 0 Å². The van der Waals surface area contributed by atoms with Gasteiger partial charge in [-0.05, 0) is 57.3 Å². The zero-order chi connectivity index (χ0) is 19.3. The summed E-state index contributed by atoms with van der Waals surface area (Å²) in [4.78, 5) is 30.4. The molecule has 2 aliphatic heterocycles. The Bertz CT molecular complexity index is 532. The maximum Gasteiger partial charge on any atom is 0.243 e. The largest absolute Gasteiger partial charge is 0.351 e. The van der Waals surface area contributed by atoms with Gasteiger partial charge in [0, 0.05) is 38.1 Å². The summed E-state index contributed by atoms with van der Waals surface area (Å²) >= 11 is 0. The fraction of sp³-hybridized carbons (Fsp3) is 0.913. The lowest BCUT2D eigenvalue weighted by Crippen LogP contribution is -2.52. The molecule has 0 aromatic heterocycles. The number of hydrogen-bond acceptors (Lipinski definition) is 3. The van der Waals surface area contributed by atoms with Gasteiger partial charge in [0.2, 0.25) is 11.8 Å². The Labute approximate surface area is 170 Å². The van der Waals surface area contributed by atoms with Crippen molar-refractivity contribution in [3.05, 3.63) is 0 Å². The van der Waals surface area contributed by atoms with E-state index in [-0.39, 0.29) is 23.8 Å². The Balaban J connectivity index is 1.23. The Morgan fingerprint density at radius 1 is 0.750 bits per heavy atom. The van der Waals surface area contributed by atoms with Crippen molar-refractivity contribution in [1.82, 2.24) is 15.1 Å². The molecule has 0 bridgehead atoms. The van der Waals surface area contributed by atoms with Gasteiger partial charge in [-0.2, -0.15) is 0 Å². The van der Waals surface area contributed by atoms with Crippen LogP contribution in [-0.4, -0.2) is 59.9 Å². The summed E-state index contributed by atoms with van der Waals surface area (Å²) in [5.41, 5.74) is 0. The minimum Gasteiger partial charge on any atom is -0.351 e. The lowest BCUT2D eigenvalue weighted by atomic mass is 9.88. The van der Waals surface area contributed by atoms with E-state index in [4.69, 9.17) is 0 Å². The quantitative estimate of drug-likeness (QED) is 0.785. The fourth-order valence-corrected chi connectivity index (χ4v) is 6.00. The molecule has 2 aliphatic carbocycles. The van der Waals surface area contributed by atoms with Gasteiger partial charge in [0.1, 0.15) is 6.04 Å². The zero-order valence-electron chi connectivity index (χ0n) is 17.5. The van der Waals surface area contributed by atoms with Gasteiger partial charge in [0.15, 0.2) is 0 Å². The average Bonchev–Trinajstić information content (AvgIpc) is 3.41. The number of rotatable bonds is 5. The van der Waals surface area contributed by atoms with Crippen molar-refractivity contribution >= 4 is 11.8 Å². The fourth-order valence-electron chi connectivity index (χ4n) is 6.00. The van der Waals surface area contributed by atoms with Crippen LogP contribution < -0.4 is 5.32 Å². The van der Waals surface area contributed by atoms with Crippen molar-refractivity contribution in [2.45, 2.75) is 95.6 Å². The van der Waals surface area contributed by atoms with E-state index in [1.165, 1.54) is 51.5 Å². The maximum atomic E-state index is 13.0. The standard InChI is InChI=1S/C23H39N3O2/c27-22(21-11-6-14-26(21)23(28)19-9-2-1-3-10-19)24-20-12-15-25(16-13-20)17-18-7-4-5-8-18/h18-21H,1-17H2,(H,24,27). The predicted octanol–water partition coefficient (Wildman–Crippen LogP) is 3.33. The van der Waals surface area contributed by atoms with Crippen molar-refractivity contribution < 1.29 is 9.59 Å². The van der Waals surface area contributed by atoms with Gasteiger partial charge in [-0.15, -0.1) is 0 Å². The van der Waals surface area contributed by atoms with Crippen LogP contribution in [0.4, 0.5) is 0 Å². The molecule has 1 atom stereocenters. The summed E-state index contributed by atoms with van der Waals surface area (Å²) in [6.07, 6.45) is 15.2. The summed E-state index contributed by atoms with van der Waals surface area (Å²) in [6.45, 7) is 4.24. The first-order valence-corrected chi connectivity index (χ1v) is 12.0. The van der Waals surface area contributed by atoms with Crippen LogP contribution in [-0.2, 0) is 9.59 Å². The molecule has 4 rings (SSSR count). The molecule has 0 aromatic rings. The van der Waals surface area contributed by atoms with Crippen molar-refractivity contribution in [3.63, 3.8) is 0 Å². The van der Waals surface area contributed by atoms with Crippen LogP contribution in [0.15, 0.2) is 0 Å². The van der Waals surface area contributed by atoms with Crippen molar-refractivity contribution in [2.24, 2.45) is 11.8 Å². The SMILES string of the molecule is O=C(NC1CCN(CC2CCCC2)CC1)C1CCCN1C(=O)C1CCCCC1. The van der Waals surface area contributed by atoms with Crippen LogP contribution in [0.25, 0.3) is 0 Å². The third-order valence-corrected chi connectivity index (χ3v) is 7.72. The van der Waals surface area contributed by atoms with Gasteiger partial charge in [0.25, 0.3) is 0 Å². The van der Waals surface area contributed by atoms with Gasteiger partial charge in [0.05, 0.1) is 0 Å². The molecule has 0 aromatic carbocycles. The number of carbonyl (C=O) groups excluding carboxylic acids is 2. The number of nitrogens with zero attached hydrogens (tertiary/aromatic N) is 2. The van der Waals surface area contributed by atoms with Gasteiger partial charge >= 0.3 is 0 Å². The number of hydrogen-bond donors (Lipinski definition) is 1. The molecule has 0 radical (unpaired) electrons. The Morgan fingerprint density at radius 3 is 2.14 bits per heavy atom. The number of likely N-dealkylation sites (tertiary alicyclic amines) is 2. The van der Waals surface area contributed by atoms with E-state index < -0.39 is 0 Å². The molecule has 1 N–H and O–H groups in total. The number of piperidine rings is 1. The molecule has 2 saturated carbocycles. The summed E-state index contributed by atoms with van der Waals surface area (Å²) in [5, 5.41) is 3.30. The number of carbonyl (C=O) groups is 2. The molecule has 0 spiro atoms. The molecule has 28 heavy (non-hydrogen) atoms. The highest BCUT2D eigenvalue weighted by molar-refractivity contribution is 5.89. The van der Waals surface area contributed by atoms with Gasteiger partial charge in [-0.3, -0.25) is 9.59 Å². The summed E-state index contributed by atoms with van der Waals surface area (Å²) in [6, 6.07) is 0.0745. The third-order valence-electron chi connectivity index (χ3n) is 7.72. The third kappa shape index (κ3) is 4.90. The lowest BCUT2D eigenvalue weighted by molar-refractivity contribution is -0.142. The van der Waals surface area contributed by atoms with E-state index in [1.807, 2.05) is 4.90 Å². The van der Waals surface area contributed by atoms with Crippen molar-refractivity contribution in [1.29, 1.82) is 0 Å². The van der Waals surface area contributed by atoms with Gasteiger partial charge in [-0.1, -0.05) is 32.1 Å². The number of amides is 2. The second kappa shape index (κ2) is 9.60. The van der Waals surface area contributed by atoms with Crippen molar-refractivity contribution in [3.8, 4) is 0 Å². The van der Waals surface area contributed by atoms with E-state index >= 15 is 0 Å². The molecular formula is C23H39N3O2. The second-order valence-corrected chi connectivity index (χ2v) is 9.76. The first-order chi connectivity index (χ1) is 13.7. The van der Waals surface area contributed by atoms with Crippen LogP contribution in [0, 0.1) is 11.8 Å². The molecule has 4 fully saturated rings. The molecule has 158 valence electrons. The van der Waals surface area contributed by atoms with E-state index in [1.54, 1.807) is 0 Å². The Hall–Kier alpha value is -1.10.